The molecular formula is C20H23N9O3. The molecule has 0 saturated carbocycles. The highest BCUT2D eigenvalue weighted by Gasteiger charge is 2.36. The number of nitrogens with one attached hydrogen (secondary N) is 1. The third-order valence-corrected chi connectivity index (χ3v) is 5.59. The molecule has 1 aliphatic heterocycles. The average Bonchev–Trinajstić information content (AvgIpc) is 3.43. The monoisotopic (exact) mass is 437 g/mol. The molecule has 0 aliphatic carbocycles. The number of benzene rings is 1. The number of amides is 1. The molecule has 2 atom stereocenters. The highest BCUT2D eigenvalue weighted by Crippen LogP contribution is 2.27. The molecule has 1 amide bonds. The summed E-state index contributed by atoms with van der Waals surface area (Å²) >= 11 is 0. The van der Waals surface area contributed by atoms with Crippen LogP contribution in [-0.4, -0.2) is 71.2 Å². The van der Waals surface area contributed by atoms with Crippen LogP contribution < -0.4 is 11.5 Å². The number of ether oxygens (including phenoxy) is 1. The Morgan fingerprint density at radius 1 is 1.28 bits per heavy atom. The van der Waals surface area contributed by atoms with Gasteiger partial charge in [0.1, 0.15) is 24.6 Å². The van der Waals surface area contributed by atoms with Crippen LogP contribution in [0.15, 0.2) is 24.5 Å². The summed E-state index contributed by atoms with van der Waals surface area (Å²) in [4.78, 5) is 34.2. The van der Waals surface area contributed by atoms with E-state index in [0.717, 1.165) is 16.6 Å². The van der Waals surface area contributed by atoms with Crippen molar-refractivity contribution in [2.45, 2.75) is 25.7 Å². The molecule has 32 heavy (non-hydrogen) atoms. The van der Waals surface area contributed by atoms with Crippen molar-refractivity contribution in [1.82, 2.24) is 34.4 Å². The maximum Gasteiger partial charge on any atom is 0.248 e. The number of hydrogen-bond donors (Lipinski definition) is 4. The van der Waals surface area contributed by atoms with E-state index in [1.807, 2.05) is 25.1 Å². The molecule has 0 unspecified atom stereocenters. The smallest absolute Gasteiger partial charge is 0.248 e. The standard InChI is InChI=1S/C20H23N9O3/c1-10-2-3-11-12(4-10)25-15(24-11)7-32-8-16(31)28-5-13(14(30)6-28)29-9-23-17-18(21)26-20(22)27-19(17)29/h2-4,9,13-14,30H,5-8H2,1H3,(H,24,25)(H4,21,22,26,27)/t13-,14-/m0/s1. The highest BCUT2D eigenvalue weighted by atomic mass is 16.5. The van der Waals surface area contributed by atoms with E-state index < -0.39 is 12.1 Å². The Hall–Kier alpha value is -3.77. The van der Waals surface area contributed by atoms with Gasteiger partial charge in [0.15, 0.2) is 11.5 Å². The number of aryl methyl sites for hydroxylation is 1. The van der Waals surface area contributed by atoms with Crippen molar-refractivity contribution in [3.8, 4) is 0 Å². The zero-order valence-electron chi connectivity index (χ0n) is 17.4. The number of rotatable bonds is 5. The molecule has 12 heteroatoms. The van der Waals surface area contributed by atoms with Gasteiger partial charge >= 0.3 is 0 Å². The van der Waals surface area contributed by atoms with Gasteiger partial charge in [-0.15, -0.1) is 0 Å². The molecule has 12 nitrogen and oxygen atoms in total. The van der Waals surface area contributed by atoms with E-state index in [4.69, 9.17) is 16.2 Å². The van der Waals surface area contributed by atoms with Crippen molar-refractivity contribution in [1.29, 1.82) is 0 Å². The second-order valence-electron chi connectivity index (χ2n) is 7.92. The van der Waals surface area contributed by atoms with Gasteiger partial charge in [0.05, 0.1) is 29.5 Å². The third kappa shape index (κ3) is 3.59. The number of H-pyrrole nitrogens is 1. The Balaban J connectivity index is 1.23. The van der Waals surface area contributed by atoms with Gasteiger partial charge in [-0.25, -0.2) is 9.97 Å². The lowest BCUT2D eigenvalue weighted by Gasteiger charge is -2.17. The number of anilines is 2. The van der Waals surface area contributed by atoms with E-state index in [-0.39, 0.29) is 44.0 Å². The molecule has 5 rings (SSSR count). The first-order chi connectivity index (χ1) is 15.4. The zero-order valence-corrected chi connectivity index (χ0v) is 17.4. The summed E-state index contributed by atoms with van der Waals surface area (Å²) in [5.74, 6) is 0.612. The number of carbonyl (C=O) groups is 1. The second kappa shape index (κ2) is 7.73. The molecule has 0 spiro atoms. The van der Waals surface area contributed by atoms with Crippen molar-refractivity contribution in [2.75, 3.05) is 31.2 Å². The van der Waals surface area contributed by atoms with Gasteiger partial charge in [-0.3, -0.25) is 4.79 Å². The van der Waals surface area contributed by atoms with Crippen LogP contribution in [0.2, 0.25) is 0 Å². The molecule has 1 saturated heterocycles. The molecule has 4 heterocycles. The van der Waals surface area contributed by atoms with Crippen LogP contribution in [0.25, 0.3) is 22.2 Å². The molecular weight excluding hydrogens is 414 g/mol. The second-order valence-corrected chi connectivity index (χ2v) is 7.92. The Labute approximate surface area is 182 Å². The van der Waals surface area contributed by atoms with E-state index >= 15 is 0 Å². The summed E-state index contributed by atoms with van der Waals surface area (Å²) < 4.78 is 7.26. The summed E-state index contributed by atoms with van der Waals surface area (Å²) in [6, 6.07) is 5.50. The van der Waals surface area contributed by atoms with Gasteiger partial charge in [0, 0.05) is 13.1 Å². The van der Waals surface area contributed by atoms with E-state index in [9.17, 15) is 9.90 Å². The van der Waals surface area contributed by atoms with Crippen molar-refractivity contribution < 1.29 is 14.6 Å². The fourth-order valence-electron chi connectivity index (χ4n) is 4.02. The predicted octanol–water partition coefficient (Wildman–Crippen LogP) is 0.136. The van der Waals surface area contributed by atoms with Crippen LogP contribution in [0.3, 0.4) is 0 Å². The van der Waals surface area contributed by atoms with Crippen molar-refractivity contribution in [2.24, 2.45) is 0 Å². The molecule has 1 aliphatic rings. The minimum Gasteiger partial charge on any atom is -0.389 e. The Morgan fingerprint density at radius 3 is 2.97 bits per heavy atom. The minimum atomic E-state index is -0.799. The number of carbonyl (C=O) groups excluding carboxylic acids is 1. The first kappa shape index (κ1) is 20.2. The molecule has 0 radical (unpaired) electrons. The van der Waals surface area contributed by atoms with Gasteiger partial charge in [0.2, 0.25) is 11.9 Å². The van der Waals surface area contributed by atoms with Gasteiger partial charge in [-0.2, -0.15) is 9.97 Å². The first-order valence-corrected chi connectivity index (χ1v) is 10.1. The van der Waals surface area contributed by atoms with Crippen LogP contribution in [-0.2, 0) is 16.1 Å². The van der Waals surface area contributed by atoms with Crippen molar-refractivity contribution in [3.05, 3.63) is 35.9 Å². The molecule has 4 aromatic rings. The lowest BCUT2D eigenvalue weighted by Crippen LogP contribution is -2.32. The van der Waals surface area contributed by atoms with Gasteiger partial charge in [0.25, 0.3) is 0 Å². The first-order valence-electron chi connectivity index (χ1n) is 10.1. The lowest BCUT2D eigenvalue weighted by atomic mass is 10.2. The largest absolute Gasteiger partial charge is 0.389 e. The van der Waals surface area contributed by atoms with Crippen LogP contribution in [0.4, 0.5) is 11.8 Å². The highest BCUT2D eigenvalue weighted by molar-refractivity contribution is 5.83. The van der Waals surface area contributed by atoms with Gasteiger partial charge in [-0.1, -0.05) is 6.07 Å². The number of aliphatic hydroxyl groups excluding tert-OH is 1. The van der Waals surface area contributed by atoms with E-state index in [1.54, 1.807) is 9.47 Å². The number of nitrogens with two attached hydrogens (primary N) is 2. The number of aliphatic hydroxyl groups is 1. The minimum absolute atomic E-state index is 0.0197. The van der Waals surface area contributed by atoms with E-state index in [1.165, 1.54) is 6.33 Å². The Kier molecular flexibility index (Phi) is 4.87. The number of hydrogen-bond acceptors (Lipinski definition) is 9. The SMILES string of the molecule is Cc1ccc2nc(COCC(=O)N3C[C@H](O)[C@@H](n4cnc5c(N)nc(N)nc54)C3)[nH]c2c1. The fourth-order valence-corrected chi connectivity index (χ4v) is 4.02. The normalized spacial score (nSPS) is 18.8. The third-order valence-electron chi connectivity index (χ3n) is 5.59. The summed E-state index contributed by atoms with van der Waals surface area (Å²) in [6.07, 6.45) is 0.726. The fraction of sp³-hybridized carbons (Fsp3) is 0.350. The number of nitrogens with zero attached hydrogens (tertiary/aromatic N) is 6. The number of likely N-dealkylation sites (tertiary alicyclic amines) is 1. The van der Waals surface area contributed by atoms with E-state index in [2.05, 4.69) is 24.9 Å². The maximum absolute atomic E-state index is 12.7. The summed E-state index contributed by atoms with van der Waals surface area (Å²) in [5.41, 5.74) is 15.3. The summed E-state index contributed by atoms with van der Waals surface area (Å²) in [5, 5.41) is 10.6. The zero-order chi connectivity index (χ0) is 22.4. The number of aromatic amines is 1. The van der Waals surface area contributed by atoms with Crippen LogP contribution in [0.5, 0.6) is 0 Å². The Morgan fingerprint density at radius 2 is 2.12 bits per heavy atom. The van der Waals surface area contributed by atoms with Crippen LogP contribution in [0.1, 0.15) is 17.4 Å². The van der Waals surface area contributed by atoms with Crippen molar-refractivity contribution in [3.63, 3.8) is 0 Å². The molecule has 6 N–H and O–H groups in total. The lowest BCUT2D eigenvalue weighted by molar-refractivity contribution is -0.136. The molecule has 1 aromatic carbocycles. The van der Waals surface area contributed by atoms with Gasteiger partial charge < -0.3 is 35.8 Å². The average molecular weight is 437 g/mol. The quantitative estimate of drug-likeness (QED) is 0.338. The Bertz CT molecular complexity index is 1310. The summed E-state index contributed by atoms with van der Waals surface area (Å²) in [7, 11) is 0. The van der Waals surface area contributed by atoms with Crippen LogP contribution >= 0.6 is 0 Å². The molecule has 0 bridgehead atoms. The summed E-state index contributed by atoms with van der Waals surface area (Å²) in [6.45, 7) is 2.52. The number of aromatic nitrogens is 6. The number of nitrogen functional groups attached to an aromatic ring is 2. The van der Waals surface area contributed by atoms with Crippen LogP contribution in [0, 0.1) is 6.92 Å². The maximum atomic E-state index is 12.7. The number of β-amino-alcohol motifs (C(OH)–C–C–N with tert-alkyl or cyclic N) is 1. The topological polar surface area (TPSA) is 174 Å². The van der Waals surface area contributed by atoms with Crippen molar-refractivity contribution >= 4 is 39.9 Å². The van der Waals surface area contributed by atoms with Gasteiger partial charge in [-0.05, 0) is 24.6 Å². The predicted molar refractivity (Wildman–Crippen MR) is 116 cm³/mol. The molecule has 3 aromatic heterocycles. The number of imidazole rings is 2. The molecule has 166 valence electrons. The number of fused-ring (bicyclic) bond motifs is 2. The van der Waals surface area contributed by atoms with E-state index in [0.29, 0.717) is 17.0 Å². The molecule has 1 fully saturated rings.